The third-order valence-electron chi connectivity index (χ3n) is 2.54. The molecule has 0 radical (unpaired) electrons. The molecule has 17 heavy (non-hydrogen) atoms. The van der Waals surface area contributed by atoms with Crippen molar-refractivity contribution in [2.24, 2.45) is 0 Å². The van der Waals surface area contributed by atoms with Crippen LogP contribution >= 0.6 is 24.0 Å². The molecule has 1 aliphatic rings. The first kappa shape index (κ1) is 10.7. The van der Waals surface area contributed by atoms with Gasteiger partial charge in [0, 0.05) is 5.75 Å². The molecular formula is C11H10N4S2. The highest BCUT2D eigenvalue weighted by molar-refractivity contribution is 8.22. The molecule has 4 nitrogen and oxygen atoms in total. The fourth-order valence-corrected chi connectivity index (χ4v) is 2.62. The van der Waals surface area contributed by atoms with E-state index in [-0.39, 0.29) is 0 Å². The van der Waals surface area contributed by atoms with E-state index in [1.54, 1.807) is 11.8 Å². The molecular weight excluding hydrogens is 252 g/mol. The summed E-state index contributed by atoms with van der Waals surface area (Å²) in [6.07, 6.45) is 0. The first-order valence-electron chi connectivity index (χ1n) is 5.23. The lowest BCUT2D eigenvalue weighted by molar-refractivity contribution is 0.657. The van der Waals surface area contributed by atoms with Crippen LogP contribution in [0.15, 0.2) is 30.3 Å². The average Bonchev–Trinajstić information content (AvgIpc) is 2.73. The van der Waals surface area contributed by atoms with Gasteiger partial charge in [0.2, 0.25) is 0 Å². The first-order valence-corrected chi connectivity index (χ1v) is 6.62. The van der Waals surface area contributed by atoms with E-state index in [9.17, 15) is 0 Å². The number of benzene rings is 1. The Morgan fingerprint density at radius 2 is 2.18 bits per heavy atom. The fraction of sp³-hybridized carbons (Fsp3) is 0.182. The second-order valence-corrected chi connectivity index (χ2v) is 5.38. The van der Waals surface area contributed by atoms with Crippen molar-refractivity contribution in [2.75, 3.05) is 5.32 Å². The number of hydrogen-bond acceptors (Lipinski definition) is 4. The van der Waals surface area contributed by atoms with Gasteiger partial charge in [-0.05, 0) is 5.56 Å². The number of rotatable bonds is 2. The van der Waals surface area contributed by atoms with E-state index in [1.807, 2.05) is 22.9 Å². The summed E-state index contributed by atoms with van der Waals surface area (Å²) in [6, 6.07) is 10.2. The molecule has 0 atom stereocenters. The van der Waals surface area contributed by atoms with Gasteiger partial charge >= 0.3 is 0 Å². The molecule has 0 bridgehead atoms. The zero-order chi connectivity index (χ0) is 11.7. The van der Waals surface area contributed by atoms with Gasteiger partial charge in [0.25, 0.3) is 0 Å². The maximum atomic E-state index is 5.16. The third kappa shape index (κ3) is 2.18. The Morgan fingerprint density at radius 1 is 1.35 bits per heavy atom. The van der Waals surface area contributed by atoms with Crippen LogP contribution in [0.3, 0.4) is 0 Å². The van der Waals surface area contributed by atoms with Crippen LogP contribution in [0.5, 0.6) is 0 Å². The maximum Gasteiger partial charge on any atom is 0.154 e. The van der Waals surface area contributed by atoms with Crippen molar-refractivity contribution < 1.29 is 0 Å². The number of aromatic nitrogens is 3. The van der Waals surface area contributed by atoms with Crippen molar-refractivity contribution in [1.29, 1.82) is 0 Å². The number of anilines is 1. The van der Waals surface area contributed by atoms with Crippen molar-refractivity contribution >= 4 is 34.1 Å². The van der Waals surface area contributed by atoms with E-state index in [0.29, 0.717) is 6.54 Å². The molecule has 2 aromatic rings. The molecule has 0 spiro atoms. The summed E-state index contributed by atoms with van der Waals surface area (Å²) >= 11 is 6.74. The van der Waals surface area contributed by atoms with Crippen molar-refractivity contribution in [3.05, 3.63) is 41.6 Å². The molecule has 0 fully saturated rings. The topological polar surface area (TPSA) is 42.7 Å². The second-order valence-electron chi connectivity index (χ2n) is 3.73. The SMILES string of the molecule is S=C1Nc2c(nnn2Cc2ccccc2)CS1. The quantitative estimate of drug-likeness (QED) is 0.841. The summed E-state index contributed by atoms with van der Waals surface area (Å²) in [4.78, 5) is 0. The lowest BCUT2D eigenvalue weighted by Crippen LogP contribution is -2.16. The zero-order valence-corrected chi connectivity index (χ0v) is 10.6. The van der Waals surface area contributed by atoms with Crippen LogP contribution in [-0.4, -0.2) is 19.3 Å². The number of fused-ring (bicyclic) bond motifs is 1. The summed E-state index contributed by atoms with van der Waals surface area (Å²) in [5.41, 5.74) is 2.17. The van der Waals surface area contributed by atoms with Gasteiger partial charge < -0.3 is 5.32 Å². The van der Waals surface area contributed by atoms with E-state index in [4.69, 9.17) is 12.2 Å². The van der Waals surface area contributed by atoms with E-state index >= 15 is 0 Å². The smallest absolute Gasteiger partial charge is 0.154 e. The van der Waals surface area contributed by atoms with Gasteiger partial charge in [0.05, 0.1) is 6.54 Å². The molecule has 3 rings (SSSR count). The van der Waals surface area contributed by atoms with Crippen LogP contribution in [0.1, 0.15) is 11.3 Å². The highest BCUT2D eigenvalue weighted by Crippen LogP contribution is 2.26. The third-order valence-corrected chi connectivity index (χ3v) is 3.78. The van der Waals surface area contributed by atoms with Crippen LogP contribution in [0, 0.1) is 0 Å². The second kappa shape index (κ2) is 4.46. The minimum Gasteiger partial charge on any atom is -0.324 e. The Morgan fingerprint density at radius 3 is 3.00 bits per heavy atom. The standard InChI is InChI=1S/C11H10N4S2/c16-11-12-10-9(7-17-11)13-14-15(10)6-8-4-2-1-3-5-8/h1-5H,6-7H2,(H,12,16). The van der Waals surface area contributed by atoms with Gasteiger partial charge in [-0.3, -0.25) is 0 Å². The number of nitrogens with zero attached hydrogens (tertiary/aromatic N) is 3. The number of thiocarbonyl (C=S) groups is 1. The van der Waals surface area contributed by atoms with Gasteiger partial charge in [-0.15, -0.1) is 5.10 Å². The Balaban J connectivity index is 1.90. The summed E-state index contributed by atoms with van der Waals surface area (Å²) in [7, 11) is 0. The normalized spacial score (nSPS) is 14.2. The molecule has 6 heteroatoms. The van der Waals surface area contributed by atoms with Crippen molar-refractivity contribution in [1.82, 2.24) is 15.0 Å². The molecule has 1 aromatic heterocycles. The molecule has 1 aliphatic heterocycles. The van der Waals surface area contributed by atoms with Gasteiger partial charge in [-0.2, -0.15) is 0 Å². The Labute approximate surface area is 108 Å². The highest BCUT2D eigenvalue weighted by Gasteiger charge is 2.19. The lowest BCUT2D eigenvalue weighted by Gasteiger charge is -2.14. The Hall–Kier alpha value is -1.40. The van der Waals surface area contributed by atoms with Crippen molar-refractivity contribution in [2.45, 2.75) is 12.3 Å². The predicted molar refractivity (Wildman–Crippen MR) is 73.1 cm³/mol. The monoisotopic (exact) mass is 262 g/mol. The molecule has 0 saturated heterocycles. The highest BCUT2D eigenvalue weighted by atomic mass is 32.2. The molecule has 0 aliphatic carbocycles. The molecule has 1 N–H and O–H groups in total. The largest absolute Gasteiger partial charge is 0.324 e. The zero-order valence-electron chi connectivity index (χ0n) is 8.96. The van der Waals surface area contributed by atoms with Crippen LogP contribution < -0.4 is 5.32 Å². The fourth-order valence-electron chi connectivity index (χ4n) is 1.72. The predicted octanol–water partition coefficient (Wildman–Crippen LogP) is 2.27. The van der Waals surface area contributed by atoms with Gasteiger partial charge in [-0.25, -0.2) is 4.68 Å². The number of nitrogens with one attached hydrogen (secondary N) is 1. The molecule has 1 aromatic carbocycles. The van der Waals surface area contributed by atoms with E-state index in [0.717, 1.165) is 21.6 Å². The van der Waals surface area contributed by atoms with E-state index in [2.05, 4.69) is 27.8 Å². The van der Waals surface area contributed by atoms with Gasteiger partial charge in [0.15, 0.2) is 5.82 Å². The number of hydrogen-bond donors (Lipinski definition) is 1. The summed E-state index contributed by atoms with van der Waals surface area (Å²) in [6.45, 7) is 0.712. The molecule has 86 valence electrons. The minimum absolute atomic E-state index is 0.712. The van der Waals surface area contributed by atoms with Crippen molar-refractivity contribution in [3.63, 3.8) is 0 Å². The molecule has 0 unspecified atom stereocenters. The van der Waals surface area contributed by atoms with Crippen LogP contribution in [0.2, 0.25) is 0 Å². The first-order chi connectivity index (χ1) is 8.33. The summed E-state index contributed by atoms with van der Waals surface area (Å²) in [5.74, 6) is 1.73. The average molecular weight is 262 g/mol. The summed E-state index contributed by atoms with van der Waals surface area (Å²) in [5, 5.41) is 11.5. The lowest BCUT2D eigenvalue weighted by atomic mass is 10.2. The molecule has 0 amide bonds. The Bertz CT molecular complexity index is 550. The van der Waals surface area contributed by atoms with Crippen LogP contribution in [-0.2, 0) is 12.3 Å². The van der Waals surface area contributed by atoms with Crippen molar-refractivity contribution in [3.8, 4) is 0 Å². The van der Waals surface area contributed by atoms with Gasteiger partial charge in [0.1, 0.15) is 10.0 Å². The van der Waals surface area contributed by atoms with Gasteiger partial charge in [-0.1, -0.05) is 59.5 Å². The van der Waals surface area contributed by atoms with E-state index in [1.165, 1.54) is 5.56 Å². The van der Waals surface area contributed by atoms with Crippen LogP contribution in [0.25, 0.3) is 0 Å². The molecule has 2 heterocycles. The molecule has 0 saturated carbocycles. The minimum atomic E-state index is 0.712. The van der Waals surface area contributed by atoms with Crippen LogP contribution in [0.4, 0.5) is 5.82 Å². The summed E-state index contributed by atoms with van der Waals surface area (Å²) < 4.78 is 2.64. The number of thioether (sulfide) groups is 1. The Kier molecular flexibility index (Phi) is 2.82. The van der Waals surface area contributed by atoms with E-state index < -0.39 is 0 Å². The maximum absolute atomic E-state index is 5.16.